The highest BCUT2D eigenvalue weighted by Crippen LogP contribution is 2.18. The van der Waals surface area contributed by atoms with E-state index in [-0.39, 0.29) is 18.1 Å². The molecule has 1 aromatic rings. The second kappa shape index (κ2) is 5.55. The van der Waals surface area contributed by atoms with Gasteiger partial charge in [-0.05, 0) is 19.9 Å². The van der Waals surface area contributed by atoms with Crippen LogP contribution in [-0.4, -0.2) is 26.0 Å². The van der Waals surface area contributed by atoms with Crippen molar-refractivity contribution >= 4 is 21.4 Å². The summed E-state index contributed by atoms with van der Waals surface area (Å²) in [6, 6.07) is 4.74. The fraction of sp³-hybridized carbons (Fsp3) is 0.500. The summed E-state index contributed by atoms with van der Waals surface area (Å²) in [7, 11) is -3.16. The lowest BCUT2D eigenvalue weighted by Crippen LogP contribution is -2.41. The molecule has 0 atom stereocenters. The summed E-state index contributed by atoms with van der Waals surface area (Å²) < 4.78 is 35.6. The van der Waals surface area contributed by atoms with Gasteiger partial charge in [0, 0.05) is 24.9 Å². The van der Waals surface area contributed by atoms with Gasteiger partial charge in [-0.15, -0.1) is 0 Å². The molecule has 0 radical (unpaired) electrons. The van der Waals surface area contributed by atoms with E-state index in [1.165, 1.54) is 12.3 Å². The number of benzene rings is 1. The Morgan fingerprint density at radius 3 is 2.56 bits per heavy atom. The van der Waals surface area contributed by atoms with Crippen molar-refractivity contribution in [3.8, 4) is 0 Å². The molecule has 0 aliphatic rings. The zero-order valence-electron chi connectivity index (χ0n) is 10.6. The first-order valence-corrected chi connectivity index (χ1v) is 7.75. The van der Waals surface area contributed by atoms with E-state index in [2.05, 4.69) is 5.32 Å². The van der Waals surface area contributed by atoms with Crippen LogP contribution in [0, 0.1) is 5.82 Å². The van der Waals surface area contributed by atoms with Crippen LogP contribution in [0.1, 0.15) is 19.4 Å². The molecule has 0 saturated heterocycles. The molecule has 0 aliphatic carbocycles. The van der Waals surface area contributed by atoms with Crippen LogP contribution >= 0.6 is 11.6 Å². The average Bonchev–Trinajstić information content (AvgIpc) is 2.22. The minimum Gasteiger partial charge on any atom is -0.311 e. The van der Waals surface area contributed by atoms with E-state index >= 15 is 0 Å². The predicted octanol–water partition coefficient (Wildman–Crippen LogP) is 2.39. The summed E-state index contributed by atoms with van der Waals surface area (Å²) in [6.45, 7) is 3.75. The summed E-state index contributed by atoms with van der Waals surface area (Å²) >= 11 is 5.66. The van der Waals surface area contributed by atoms with Crippen LogP contribution in [0.2, 0.25) is 5.02 Å². The molecule has 0 heterocycles. The molecule has 0 saturated carbocycles. The minimum absolute atomic E-state index is 0.0664. The van der Waals surface area contributed by atoms with Crippen molar-refractivity contribution in [1.29, 1.82) is 0 Å². The molecule has 3 nitrogen and oxygen atoms in total. The van der Waals surface area contributed by atoms with E-state index in [0.717, 1.165) is 0 Å². The zero-order chi connectivity index (χ0) is 14.0. The van der Waals surface area contributed by atoms with Gasteiger partial charge in [-0.3, -0.25) is 0 Å². The van der Waals surface area contributed by atoms with Crippen LogP contribution in [0.5, 0.6) is 0 Å². The number of sulfone groups is 1. The van der Waals surface area contributed by atoms with Crippen molar-refractivity contribution in [3.63, 3.8) is 0 Å². The summed E-state index contributed by atoms with van der Waals surface area (Å²) in [4.78, 5) is 0. The van der Waals surface area contributed by atoms with Gasteiger partial charge in [-0.2, -0.15) is 0 Å². The van der Waals surface area contributed by atoms with Crippen LogP contribution in [0.25, 0.3) is 0 Å². The molecule has 1 rings (SSSR count). The molecule has 0 bridgehead atoms. The monoisotopic (exact) mass is 293 g/mol. The number of nitrogens with one attached hydrogen (secondary N) is 1. The van der Waals surface area contributed by atoms with E-state index < -0.39 is 20.4 Å². The standard InChI is InChI=1S/C12H17ClFNO2S/c1-12(2,18(3,16)17)8-15-7-9-5-4-6-10(13)11(9)14/h4-6,15H,7-8H2,1-3H3. The maximum atomic E-state index is 13.6. The smallest absolute Gasteiger partial charge is 0.153 e. The maximum absolute atomic E-state index is 13.6. The fourth-order valence-corrected chi connectivity index (χ4v) is 1.87. The third kappa shape index (κ3) is 3.67. The first-order chi connectivity index (χ1) is 8.15. The zero-order valence-corrected chi connectivity index (χ0v) is 12.2. The van der Waals surface area contributed by atoms with Crippen LogP contribution in [0.4, 0.5) is 4.39 Å². The lowest BCUT2D eigenvalue weighted by Gasteiger charge is -2.23. The Hall–Kier alpha value is -0.650. The Kier molecular flexibility index (Phi) is 4.75. The molecule has 0 fully saturated rings. The number of rotatable bonds is 5. The Morgan fingerprint density at radius 1 is 1.39 bits per heavy atom. The molecule has 0 spiro atoms. The van der Waals surface area contributed by atoms with E-state index in [9.17, 15) is 12.8 Å². The highest BCUT2D eigenvalue weighted by Gasteiger charge is 2.29. The van der Waals surface area contributed by atoms with E-state index in [4.69, 9.17) is 11.6 Å². The van der Waals surface area contributed by atoms with E-state index in [1.54, 1.807) is 26.0 Å². The Labute approximate surface area is 112 Å². The summed E-state index contributed by atoms with van der Waals surface area (Å²) in [5.74, 6) is -0.469. The molecular formula is C12H17ClFNO2S. The number of halogens is 2. The topological polar surface area (TPSA) is 46.2 Å². The number of hydrogen-bond acceptors (Lipinski definition) is 3. The van der Waals surface area contributed by atoms with Crippen molar-refractivity contribution in [3.05, 3.63) is 34.6 Å². The molecule has 0 unspecified atom stereocenters. The highest BCUT2D eigenvalue weighted by atomic mass is 35.5. The third-order valence-electron chi connectivity index (χ3n) is 2.90. The van der Waals surface area contributed by atoms with Crippen LogP contribution in [-0.2, 0) is 16.4 Å². The minimum atomic E-state index is -3.16. The van der Waals surface area contributed by atoms with Gasteiger partial charge in [0.2, 0.25) is 0 Å². The molecule has 1 aromatic carbocycles. The van der Waals surface area contributed by atoms with Crippen LogP contribution < -0.4 is 5.32 Å². The maximum Gasteiger partial charge on any atom is 0.153 e. The largest absolute Gasteiger partial charge is 0.311 e. The molecule has 6 heteroatoms. The highest BCUT2D eigenvalue weighted by molar-refractivity contribution is 7.92. The summed E-state index contributed by atoms with van der Waals surface area (Å²) in [6.07, 6.45) is 1.19. The first kappa shape index (κ1) is 15.4. The summed E-state index contributed by atoms with van der Waals surface area (Å²) in [5, 5.41) is 3.01. The lowest BCUT2D eigenvalue weighted by atomic mass is 10.2. The Balaban J connectivity index is 2.66. The van der Waals surface area contributed by atoms with Crippen molar-refractivity contribution < 1.29 is 12.8 Å². The van der Waals surface area contributed by atoms with Gasteiger partial charge in [0.25, 0.3) is 0 Å². The molecule has 0 amide bonds. The quantitative estimate of drug-likeness (QED) is 0.907. The van der Waals surface area contributed by atoms with E-state index in [0.29, 0.717) is 5.56 Å². The van der Waals surface area contributed by atoms with Crippen molar-refractivity contribution in [1.82, 2.24) is 5.32 Å². The van der Waals surface area contributed by atoms with Gasteiger partial charge < -0.3 is 5.32 Å². The summed E-state index contributed by atoms with van der Waals surface area (Å²) in [5.41, 5.74) is 0.423. The Morgan fingerprint density at radius 2 is 2.00 bits per heavy atom. The molecule has 102 valence electrons. The Bertz CT molecular complexity index is 529. The van der Waals surface area contributed by atoms with Gasteiger partial charge in [0.05, 0.1) is 9.77 Å². The van der Waals surface area contributed by atoms with Crippen LogP contribution in [0.3, 0.4) is 0 Å². The van der Waals surface area contributed by atoms with Gasteiger partial charge in [-0.25, -0.2) is 12.8 Å². The van der Waals surface area contributed by atoms with Crippen molar-refractivity contribution in [2.24, 2.45) is 0 Å². The molecule has 1 N–H and O–H groups in total. The number of hydrogen-bond donors (Lipinski definition) is 1. The molecule has 18 heavy (non-hydrogen) atoms. The fourth-order valence-electron chi connectivity index (χ4n) is 1.31. The first-order valence-electron chi connectivity index (χ1n) is 5.48. The SMILES string of the molecule is CC(C)(CNCc1cccc(Cl)c1F)S(C)(=O)=O. The normalized spacial score (nSPS) is 12.7. The average molecular weight is 294 g/mol. The van der Waals surface area contributed by atoms with Crippen molar-refractivity contribution in [2.75, 3.05) is 12.8 Å². The van der Waals surface area contributed by atoms with Gasteiger partial charge >= 0.3 is 0 Å². The predicted molar refractivity (Wildman–Crippen MR) is 72.0 cm³/mol. The van der Waals surface area contributed by atoms with Gasteiger partial charge in [-0.1, -0.05) is 23.7 Å². The van der Waals surface area contributed by atoms with Gasteiger partial charge in [0.1, 0.15) is 5.82 Å². The van der Waals surface area contributed by atoms with Crippen LogP contribution in [0.15, 0.2) is 18.2 Å². The molecule has 0 aromatic heterocycles. The van der Waals surface area contributed by atoms with Gasteiger partial charge in [0.15, 0.2) is 9.84 Å². The second-order valence-electron chi connectivity index (χ2n) is 4.85. The molecular weight excluding hydrogens is 277 g/mol. The lowest BCUT2D eigenvalue weighted by molar-refractivity contribution is 0.515. The second-order valence-corrected chi connectivity index (χ2v) is 7.91. The molecule has 0 aliphatic heterocycles. The third-order valence-corrected chi connectivity index (χ3v) is 5.35. The van der Waals surface area contributed by atoms with Crippen molar-refractivity contribution in [2.45, 2.75) is 25.1 Å². The van der Waals surface area contributed by atoms with E-state index in [1.807, 2.05) is 0 Å².